The molecule has 3 N–H and O–H groups in total. The maximum atomic E-state index is 7.67. The van der Waals surface area contributed by atoms with Crippen molar-refractivity contribution in [3.8, 4) is 11.4 Å². The lowest BCUT2D eigenvalue weighted by Crippen LogP contribution is -2.15. The molecule has 0 aliphatic rings. The minimum atomic E-state index is 0.0774. The molecule has 1 aromatic carbocycles. The number of nitrogens with two attached hydrogens (primary N) is 1. The minimum absolute atomic E-state index is 0.0774. The molecule has 0 amide bonds. The molecule has 0 radical (unpaired) electrons. The van der Waals surface area contributed by atoms with Gasteiger partial charge in [-0.15, -0.1) is 0 Å². The van der Waals surface area contributed by atoms with Gasteiger partial charge >= 0.3 is 0 Å². The summed E-state index contributed by atoms with van der Waals surface area (Å²) in [6.07, 6.45) is 7.20. The molecule has 0 spiro atoms. The van der Waals surface area contributed by atoms with Crippen LogP contribution in [0.25, 0.3) is 11.4 Å². The zero-order valence-electron chi connectivity index (χ0n) is 11.4. The summed E-state index contributed by atoms with van der Waals surface area (Å²) in [6, 6.07) is 11.5. The van der Waals surface area contributed by atoms with Crippen molar-refractivity contribution >= 4 is 5.84 Å². The highest BCUT2D eigenvalue weighted by molar-refractivity contribution is 5.96. The lowest BCUT2D eigenvalue weighted by atomic mass is 10.1. The van der Waals surface area contributed by atoms with Crippen molar-refractivity contribution in [1.82, 2.24) is 14.5 Å². The Morgan fingerprint density at radius 2 is 2.00 bits per heavy atom. The largest absolute Gasteiger partial charge is 0.384 e. The van der Waals surface area contributed by atoms with E-state index in [4.69, 9.17) is 11.1 Å². The van der Waals surface area contributed by atoms with E-state index < -0.39 is 0 Å². The molecule has 0 saturated carbocycles. The van der Waals surface area contributed by atoms with E-state index in [1.54, 1.807) is 18.6 Å². The van der Waals surface area contributed by atoms with Crippen LogP contribution >= 0.6 is 0 Å². The molecule has 0 unspecified atom stereocenters. The third kappa shape index (κ3) is 2.67. The number of nitrogen functional groups attached to an aromatic ring is 1. The Kier molecular flexibility index (Phi) is 3.47. The van der Waals surface area contributed by atoms with E-state index in [0.29, 0.717) is 6.54 Å². The van der Waals surface area contributed by atoms with Gasteiger partial charge < -0.3 is 10.3 Å². The third-order valence-electron chi connectivity index (χ3n) is 3.28. The summed E-state index contributed by atoms with van der Waals surface area (Å²) in [4.78, 5) is 8.52. The second kappa shape index (κ2) is 5.58. The van der Waals surface area contributed by atoms with E-state index in [1.165, 1.54) is 0 Å². The minimum Gasteiger partial charge on any atom is -0.384 e. The van der Waals surface area contributed by atoms with Crippen LogP contribution in [0.3, 0.4) is 0 Å². The van der Waals surface area contributed by atoms with Crippen molar-refractivity contribution in [2.75, 3.05) is 0 Å². The van der Waals surface area contributed by atoms with Crippen LogP contribution < -0.4 is 5.73 Å². The SMILES string of the molecule is N=C(N)c1ccccc1Cn1ccnc1-c1cccnc1. The molecule has 104 valence electrons. The normalized spacial score (nSPS) is 10.5. The highest BCUT2D eigenvalue weighted by atomic mass is 15.1. The van der Waals surface area contributed by atoms with Crippen LogP contribution in [0, 0.1) is 5.41 Å². The molecule has 0 aliphatic carbocycles. The van der Waals surface area contributed by atoms with E-state index in [9.17, 15) is 0 Å². The van der Waals surface area contributed by atoms with E-state index in [0.717, 1.165) is 22.5 Å². The maximum absolute atomic E-state index is 7.67. The predicted molar refractivity (Wildman–Crippen MR) is 82.0 cm³/mol. The fourth-order valence-electron chi connectivity index (χ4n) is 2.30. The van der Waals surface area contributed by atoms with Crippen LogP contribution in [0.5, 0.6) is 0 Å². The van der Waals surface area contributed by atoms with Crippen LogP contribution in [-0.4, -0.2) is 20.4 Å². The first kappa shape index (κ1) is 13.1. The van der Waals surface area contributed by atoms with Crippen molar-refractivity contribution in [1.29, 1.82) is 5.41 Å². The summed E-state index contributed by atoms with van der Waals surface area (Å²) in [5, 5.41) is 7.67. The van der Waals surface area contributed by atoms with Gasteiger partial charge in [-0.05, 0) is 17.7 Å². The van der Waals surface area contributed by atoms with Gasteiger partial charge in [0.2, 0.25) is 0 Å². The number of imidazole rings is 1. The van der Waals surface area contributed by atoms with E-state index in [1.807, 2.05) is 47.2 Å². The summed E-state index contributed by atoms with van der Waals surface area (Å²) in [5.41, 5.74) is 8.35. The fourth-order valence-corrected chi connectivity index (χ4v) is 2.30. The van der Waals surface area contributed by atoms with Crippen molar-refractivity contribution in [3.63, 3.8) is 0 Å². The first-order chi connectivity index (χ1) is 10.3. The molecule has 21 heavy (non-hydrogen) atoms. The van der Waals surface area contributed by atoms with Gasteiger partial charge in [0.15, 0.2) is 0 Å². The van der Waals surface area contributed by atoms with Crippen molar-refractivity contribution in [3.05, 3.63) is 72.3 Å². The van der Waals surface area contributed by atoms with Gasteiger partial charge in [0.05, 0.1) is 0 Å². The molecule has 0 bridgehead atoms. The van der Waals surface area contributed by atoms with Gasteiger partial charge in [-0.25, -0.2) is 4.98 Å². The maximum Gasteiger partial charge on any atom is 0.141 e. The molecule has 3 rings (SSSR count). The van der Waals surface area contributed by atoms with Crippen LogP contribution in [0.1, 0.15) is 11.1 Å². The van der Waals surface area contributed by atoms with Crippen molar-refractivity contribution in [2.24, 2.45) is 5.73 Å². The first-order valence-corrected chi connectivity index (χ1v) is 6.59. The molecule has 5 heteroatoms. The number of rotatable bonds is 4. The Bertz CT molecular complexity index is 761. The van der Waals surface area contributed by atoms with Crippen LogP contribution in [-0.2, 0) is 6.54 Å². The van der Waals surface area contributed by atoms with E-state index >= 15 is 0 Å². The zero-order chi connectivity index (χ0) is 14.7. The number of hydrogen-bond acceptors (Lipinski definition) is 3. The third-order valence-corrected chi connectivity index (χ3v) is 3.28. The van der Waals surface area contributed by atoms with Crippen molar-refractivity contribution in [2.45, 2.75) is 6.54 Å². The van der Waals surface area contributed by atoms with Gasteiger partial charge in [0, 0.05) is 42.5 Å². The quantitative estimate of drug-likeness (QED) is 0.567. The van der Waals surface area contributed by atoms with Crippen LogP contribution in [0.4, 0.5) is 0 Å². The Labute approximate surface area is 122 Å². The second-order valence-electron chi connectivity index (χ2n) is 4.69. The fraction of sp³-hybridized carbons (Fsp3) is 0.0625. The molecular weight excluding hydrogens is 262 g/mol. The van der Waals surface area contributed by atoms with Gasteiger partial charge in [0.25, 0.3) is 0 Å². The van der Waals surface area contributed by atoms with Gasteiger partial charge in [-0.1, -0.05) is 24.3 Å². The second-order valence-corrected chi connectivity index (χ2v) is 4.69. The molecule has 0 aliphatic heterocycles. The lowest BCUT2D eigenvalue weighted by Gasteiger charge is -2.11. The first-order valence-electron chi connectivity index (χ1n) is 6.59. The van der Waals surface area contributed by atoms with E-state index in [-0.39, 0.29) is 5.84 Å². The van der Waals surface area contributed by atoms with Crippen molar-refractivity contribution < 1.29 is 0 Å². The summed E-state index contributed by atoms with van der Waals surface area (Å²) < 4.78 is 2.03. The Morgan fingerprint density at radius 1 is 1.14 bits per heavy atom. The average molecular weight is 277 g/mol. The molecule has 2 aromatic heterocycles. The Morgan fingerprint density at radius 3 is 2.76 bits per heavy atom. The summed E-state index contributed by atoms with van der Waals surface area (Å²) >= 11 is 0. The molecule has 0 saturated heterocycles. The average Bonchev–Trinajstić information content (AvgIpc) is 2.96. The highest BCUT2D eigenvalue weighted by Crippen LogP contribution is 2.18. The molecule has 3 aromatic rings. The summed E-state index contributed by atoms with van der Waals surface area (Å²) in [5.74, 6) is 0.926. The molecule has 5 nitrogen and oxygen atoms in total. The molecular formula is C16H15N5. The number of benzene rings is 1. The van der Waals surface area contributed by atoms with Crippen LogP contribution in [0.15, 0.2) is 61.2 Å². The van der Waals surface area contributed by atoms with E-state index in [2.05, 4.69) is 9.97 Å². The monoisotopic (exact) mass is 277 g/mol. The van der Waals surface area contributed by atoms with Gasteiger partial charge in [-0.3, -0.25) is 10.4 Å². The number of nitrogens with zero attached hydrogens (tertiary/aromatic N) is 3. The summed E-state index contributed by atoms with van der Waals surface area (Å²) in [7, 11) is 0. The standard InChI is InChI=1S/C16H15N5/c17-15(18)14-6-2-1-4-13(14)11-21-9-8-20-16(21)12-5-3-7-19-10-12/h1-10H,11H2,(H3,17,18). The summed E-state index contributed by atoms with van der Waals surface area (Å²) in [6.45, 7) is 0.611. The zero-order valence-corrected chi connectivity index (χ0v) is 11.4. The van der Waals surface area contributed by atoms with Gasteiger partial charge in [0.1, 0.15) is 11.7 Å². The predicted octanol–water partition coefficient (Wildman–Crippen LogP) is 2.28. The van der Waals surface area contributed by atoms with Crippen LogP contribution in [0.2, 0.25) is 0 Å². The molecule has 0 fully saturated rings. The highest BCUT2D eigenvalue weighted by Gasteiger charge is 2.09. The molecule has 0 atom stereocenters. The smallest absolute Gasteiger partial charge is 0.141 e. The van der Waals surface area contributed by atoms with Gasteiger partial charge in [-0.2, -0.15) is 0 Å². The Hall–Kier alpha value is -2.95. The Balaban J connectivity index is 1.98. The lowest BCUT2D eigenvalue weighted by molar-refractivity contribution is 0.805. The number of amidine groups is 1. The topological polar surface area (TPSA) is 80.6 Å². The number of hydrogen-bond donors (Lipinski definition) is 2. The number of nitrogens with one attached hydrogen (secondary N) is 1. The number of pyridine rings is 1. The number of aromatic nitrogens is 3. The molecule has 2 heterocycles.